The van der Waals surface area contributed by atoms with Gasteiger partial charge in [0.2, 0.25) is 0 Å². The van der Waals surface area contributed by atoms with Crippen LogP contribution in [0.3, 0.4) is 0 Å². The molecule has 0 aliphatic carbocycles. The van der Waals surface area contributed by atoms with E-state index in [1.807, 2.05) is 0 Å². The summed E-state index contributed by atoms with van der Waals surface area (Å²) in [6.45, 7) is 8.22. The zero-order valence-corrected chi connectivity index (χ0v) is 10.8. The Morgan fingerprint density at radius 1 is 0.778 bits per heavy atom. The molecule has 90 valence electrons. The molecule has 0 aliphatic rings. The molecule has 0 amide bonds. The third-order valence-electron chi connectivity index (χ3n) is 3.23. The minimum atomic E-state index is 1.09. The topological polar surface area (TPSA) is 0 Å². The quantitative estimate of drug-likeness (QED) is 0.393. The van der Waals surface area contributed by atoms with Gasteiger partial charge in [-0.15, -0.1) is 13.2 Å². The highest BCUT2D eigenvalue weighted by atomic mass is 14.1. The lowest BCUT2D eigenvalue weighted by Crippen LogP contribution is -1.85. The molecule has 0 aromatic heterocycles. The summed E-state index contributed by atoms with van der Waals surface area (Å²) in [5, 5.41) is 5.47. The number of hydrogen-bond donors (Lipinski definition) is 0. The van der Waals surface area contributed by atoms with Crippen LogP contribution in [0.4, 0.5) is 0 Å². The van der Waals surface area contributed by atoms with Gasteiger partial charge in [-0.25, -0.2) is 0 Å². The van der Waals surface area contributed by atoms with E-state index in [1.54, 1.807) is 0 Å². The Hall–Kier alpha value is -2.08. The summed E-state index contributed by atoms with van der Waals surface area (Å²) in [4.78, 5) is 0. The summed E-state index contributed by atoms with van der Waals surface area (Å²) in [7, 11) is 0. The first-order valence-electron chi connectivity index (χ1n) is 6.29. The van der Waals surface area contributed by atoms with Crippen LogP contribution in [0.1, 0.15) is 12.5 Å². The predicted octanol–water partition coefficient (Wildman–Crippen LogP) is 5.36. The van der Waals surface area contributed by atoms with Crippen molar-refractivity contribution in [2.75, 3.05) is 0 Å². The molecule has 0 fully saturated rings. The number of aryl methyl sites for hydroxylation is 1. The molecule has 0 heterocycles. The van der Waals surface area contributed by atoms with E-state index < -0.39 is 0 Å². The SMILES string of the molecule is C=C.CCc1cc2ccccc2c2ccccc12. The predicted molar refractivity (Wildman–Crippen MR) is 82.1 cm³/mol. The highest BCUT2D eigenvalue weighted by Crippen LogP contribution is 2.28. The summed E-state index contributed by atoms with van der Waals surface area (Å²) in [6, 6.07) is 19.6. The minimum absolute atomic E-state index is 1.09. The molecular formula is C18H18. The van der Waals surface area contributed by atoms with Gasteiger partial charge in [-0.3, -0.25) is 0 Å². The van der Waals surface area contributed by atoms with Crippen molar-refractivity contribution in [3.63, 3.8) is 0 Å². The van der Waals surface area contributed by atoms with Gasteiger partial charge in [0.25, 0.3) is 0 Å². The first-order chi connectivity index (χ1) is 8.90. The van der Waals surface area contributed by atoms with Crippen LogP contribution in [0.2, 0.25) is 0 Å². The summed E-state index contributed by atoms with van der Waals surface area (Å²) in [5.74, 6) is 0. The van der Waals surface area contributed by atoms with E-state index in [2.05, 4.69) is 74.7 Å². The van der Waals surface area contributed by atoms with Gasteiger partial charge in [0.05, 0.1) is 0 Å². The fraction of sp³-hybridized carbons (Fsp3) is 0.111. The van der Waals surface area contributed by atoms with Gasteiger partial charge in [-0.05, 0) is 33.5 Å². The van der Waals surface area contributed by atoms with Crippen molar-refractivity contribution in [2.24, 2.45) is 0 Å². The van der Waals surface area contributed by atoms with Crippen molar-refractivity contribution in [1.82, 2.24) is 0 Å². The standard InChI is InChI=1S/C16H14.C2H4/c1-2-12-11-13-7-3-4-9-15(13)16-10-6-5-8-14(12)16;1-2/h3-11H,2H2,1H3;1-2H2. The molecule has 0 saturated carbocycles. The van der Waals surface area contributed by atoms with Crippen LogP contribution >= 0.6 is 0 Å². The molecule has 0 saturated heterocycles. The Kier molecular flexibility index (Phi) is 3.78. The van der Waals surface area contributed by atoms with E-state index in [9.17, 15) is 0 Å². The molecular weight excluding hydrogens is 216 g/mol. The number of hydrogen-bond acceptors (Lipinski definition) is 0. The van der Waals surface area contributed by atoms with Gasteiger partial charge < -0.3 is 0 Å². The third-order valence-corrected chi connectivity index (χ3v) is 3.23. The molecule has 3 aromatic rings. The van der Waals surface area contributed by atoms with Gasteiger partial charge >= 0.3 is 0 Å². The lowest BCUT2D eigenvalue weighted by molar-refractivity contribution is 1.16. The van der Waals surface area contributed by atoms with E-state index in [0.29, 0.717) is 0 Å². The average Bonchev–Trinajstić information content (AvgIpc) is 2.48. The molecule has 3 aromatic carbocycles. The molecule has 0 atom stereocenters. The monoisotopic (exact) mass is 234 g/mol. The molecule has 18 heavy (non-hydrogen) atoms. The number of benzene rings is 3. The van der Waals surface area contributed by atoms with E-state index in [-0.39, 0.29) is 0 Å². The molecule has 0 aliphatic heterocycles. The highest BCUT2D eigenvalue weighted by Gasteiger charge is 2.03. The first kappa shape index (κ1) is 12.4. The smallest absolute Gasteiger partial charge is 0.0103 e. The lowest BCUT2D eigenvalue weighted by atomic mass is 9.96. The summed E-state index contributed by atoms with van der Waals surface area (Å²) in [6.07, 6.45) is 1.09. The maximum Gasteiger partial charge on any atom is -0.0103 e. The molecule has 3 rings (SSSR count). The van der Waals surface area contributed by atoms with E-state index in [1.165, 1.54) is 27.1 Å². The largest absolute Gasteiger partial charge is 0.106 e. The summed E-state index contributed by atoms with van der Waals surface area (Å²) < 4.78 is 0. The van der Waals surface area contributed by atoms with Crippen LogP contribution in [-0.4, -0.2) is 0 Å². The zero-order chi connectivity index (χ0) is 13.0. The minimum Gasteiger partial charge on any atom is -0.106 e. The molecule has 0 radical (unpaired) electrons. The Morgan fingerprint density at radius 3 is 2.00 bits per heavy atom. The molecule has 0 heteroatoms. The zero-order valence-electron chi connectivity index (χ0n) is 10.8. The Bertz CT molecular complexity index is 665. The second-order valence-corrected chi connectivity index (χ2v) is 4.16. The van der Waals surface area contributed by atoms with Gasteiger partial charge in [0.1, 0.15) is 0 Å². The molecule has 0 bridgehead atoms. The first-order valence-corrected chi connectivity index (χ1v) is 6.29. The highest BCUT2D eigenvalue weighted by molar-refractivity contribution is 6.08. The fourth-order valence-electron chi connectivity index (χ4n) is 2.42. The van der Waals surface area contributed by atoms with Crippen LogP contribution in [0.5, 0.6) is 0 Å². The molecule has 0 nitrogen and oxygen atoms in total. The molecule has 0 spiro atoms. The van der Waals surface area contributed by atoms with Gasteiger partial charge in [0.15, 0.2) is 0 Å². The number of rotatable bonds is 1. The van der Waals surface area contributed by atoms with Gasteiger partial charge in [-0.1, -0.05) is 61.5 Å². The second kappa shape index (κ2) is 5.50. The van der Waals surface area contributed by atoms with E-state index in [0.717, 1.165) is 6.42 Å². The lowest BCUT2D eigenvalue weighted by Gasteiger charge is -2.08. The van der Waals surface area contributed by atoms with Crippen LogP contribution in [-0.2, 0) is 6.42 Å². The van der Waals surface area contributed by atoms with Crippen molar-refractivity contribution < 1.29 is 0 Å². The second-order valence-electron chi connectivity index (χ2n) is 4.16. The van der Waals surface area contributed by atoms with Crippen LogP contribution in [0.15, 0.2) is 67.8 Å². The Labute approximate surface area is 109 Å². The van der Waals surface area contributed by atoms with E-state index >= 15 is 0 Å². The molecule has 0 N–H and O–H groups in total. The maximum absolute atomic E-state index is 3.00. The van der Waals surface area contributed by atoms with Crippen LogP contribution in [0, 0.1) is 0 Å². The van der Waals surface area contributed by atoms with Crippen LogP contribution in [0.25, 0.3) is 21.5 Å². The van der Waals surface area contributed by atoms with Crippen LogP contribution < -0.4 is 0 Å². The normalized spacial score (nSPS) is 10.1. The molecule has 0 unspecified atom stereocenters. The van der Waals surface area contributed by atoms with Crippen molar-refractivity contribution in [3.05, 3.63) is 73.3 Å². The summed E-state index contributed by atoms with van der Waals surface area (Å²) >= 11 is 0. The van der Waals surface area contributed by atoms with Gasteiger partial charge in [-0.2, -0.15) is 0 Å². The van der Waals surface area contributed by atoms with E-state index in [4.69, 9.17) is 0 Å². The van der Waals surface area contributed by atoms with Crippen molar-refractivity contribution in [2.45, 2.75) is 13.3 Å². The Balaban J connectivity index is 0.000000574. The Morgan fingerprint density at radius 2 is 1.33 bits per heavy atom. The third kappa shape index (κ3) is 2.02. The van der Waals surface area contributed by atoms with Crippen molar-refractivity contribution in [1.29, 1.82) is 0 Å². The average molecular weight is 234 g/mol. The maximum atomic E-state index is 3.00. The van der Waals surface area contributed by atoms with Crippen molar-refractivity contribution >= 4 is 21.5 Å². The van der Waals surface area contributed by atoms with Crippen molar-refractivity contribution in [3.8, 4) is 0 Å². The van der Waals surface area contributed by atoms with Gasteiger partial charge in [0, 0.05) is 0 Å². The fourth-order valence-corrected chi connectivity index (χ4v) is 2.42. The summed E-state index contributed by atoms with van der Waals surface area (Å²) in [5.41, 5.74) is 1.44. The number of fused-ring (bicyclic) bond motifs is 3.